The van der Waals surface area contributed by atoms with E-state index in [1.54, 1.807) is 0 Å². The van der Waals surface area contributed by atoms with E-state index >= 15 is 0 Å². The molecule has 3 rings (SSSR count). The Balaban J connectivity index is 1.67. The van der Waals surface area contributed by atoms with Crippen molar-refractivity contribution in [1.82, 2.24) is 20.4 Å². The number of nitrogens with zero attached hydrogens (tertiary/aromatic N) is 2. The molecule has 0 unspecified atom stereocenters. The van der Waals surface area contributed by atoms with Crippen LogP contribution < -0.4 is 10.6 Å². The Morgan fingerprint density at radius 3 is 3.23 bits per heavy atom. The maximum atomic E-state index is 10.5. The Morgan fingerprint density at radius 2 is 2.36 bits per heavy atom. The van der Waals surface area contributed by atoms with Crippen molar-refractivity contribution in [1.29, 1.82) is 0 Å². The summed E-state index contributed by atoms with van der Waals surface area (Å²) in [6.45, 7) is 5.52. The van der Waals surface area contributed by atoms with E-state index < -0.39 is 5.60 Å². The smallest absolute Gasteiger partial charge is 0.113 e. The number of β-amino-alcohol motifs (C(OH)–C–C–N with tert-alkyl or cyclic N) is 1. The van der Waals surface area contributed by atoms with Crippen molar-refractivity contribution in [2.45, 2.75) is 19.1 Å². The van der Waals surface area contributed by atoms with Crippen molar-refractivity contribution in [3.05, 3.63) is 29.5 Å². The molecule has 1 aromatic carbocycles. The lowest BCUT2D eigenvalue weighted by Crippen LogP contribution is -2.50. The van der Waals surface area contributed by atoms with Gasteiger partial charge in [-0.3, -0.25) is 4.68 Å². The third-order valence-corrected chi connectivity index (χ3v) is 4.08. The minimum Gasteiger partial charge on any atom is -0.385 e. The van der Waals surface area contributed by atoms with Crippen LogP contribution in [0.5, 0.6) is 0 Å². The molecule has 1 aliphatic rings. The fourth-order valence-electron chi connectivity index (χ4n) is 2.89. The summed E-state index contributed by atoms with van der Waals surface area (Å²) in [5.74, 6) is 0. The Hall–Kier alpha value is -1.47. The van der Waals surface area contributed by atoms with Crippen LogP contribution in [0.15, 0.2) is 18.2 Å². The molecule has 1 fully saturated rings. The first kappa shape index (κ1) is 15.4. The van der Waals surface area contributed by atoms with Crippen LogP contribution in [0.2, 0.25) is 0 Å². The molecule has 0 saturated carbocycles. The summed E-state index contributed by atoms with van der Waals surface area (Å²) >= 11 is 0. The zero-order valence-electron chi connectivity index (χ0n) is 13.2. The Labute approximate surface area is 130 Å². The van der Waals surface area contributed by atoms with Crippen molar-refractivity contribution in [3.8, 4) is 0 Å². The predicted octanol–water partition coefficient (Wildman–Crippen LogP) is 0.322. The molecule has 2 aromatic rings. The minimum absolute atomic E-state index is 0.356. The van der Waals surface area contributed by atoms with E-state index in [1.165, 1.54) is 5.56 Å². The first-order chi connectivity index (χ1) is 10.6. The van der Waals surface area contributed by atoms with Gasteiger partial charge in [0.05, 0.1) is 24.4 Å². The average Bonchev–Trinajstić information content (AvgIpc) is 2.65. The molecule has 2 heterocycles. The quantitative estimate of drug-likeness (QED) is 0.759. The number of aliphatic hydroxyl groups is 1. The van der Waals surface area contributed by atoms with Crippen LogP contribution in [-0.2, 0) is 18.3 Å². The third-order valence-electron chi connectivity index (χ3n) is 4.08. The Morgan fingerprint density at radius 1 is 1.50 bits per heavy atom. The predicted molar refractivity (Wildman–Crippen MR) is 85.8 cm³/mol. The molecule has 6 nitrogen and oxygen atoms in total. The SMILES string of the molecule is Cc1ccc2c(c1)c(CNC[C@]1(O)CNCCOC1)nn2C. The maximum absolute atomic E-state index is 10.5. The molecule has 0 spiro atoms. The van der Waals surface area contributed by atoms with E-state index in [2.05, 4.69) is 40.9 Å². The highest BCUT2D eigenvalue weighted by Crippen LogP contribution is 2.19. The van der Waals surface area contributed by atoms with Gasteiger partial charge in [0.15, 0.2) is 0 Å². The number of aromatic nitrogens is 2. The largest absolute Gasteiger partial charge is 0.385 e. The Bertz CT molecular complexity index is 645. The monoisotopic (exact) mass is 304 g/mol. The van der Waals surface area contributed by atoms with E-state index in [0.717, 1.165) is 23.1 Å². The Kier molecular flexibility index (Phi) is 4.44. The standard InChI is InChI=1S/C16H24N4O2/c1-12-3-4-15-13(7-12)14(19-20(15)2)8-18-10-16(21)9-17-5-6-22-11-16/h3-4,7,17-18,21H,5-6,8-11H2,1-2H3/t16-/m1/s1. The van der Waals surface area contributed by atoms with Gasteiger partial charge in [-0.15, -0.1) is 0 Å². The van der Waals surface area contributed by atoms with E-state index in [-0.39, 0.29) is 0 Å². The lowest BCUT2D eigenvalue weighted by atomic mass is 10.1. The van der Waals surface area contributed by atoms with Gasteiger partial charge in [0.25, 0.3) is 0 Å². The van der Waals surface area contributed by atoms with Gasteiger partial charge in [0.1, 0.15) is 5.60 Å². The van der Waals surface area contributed by atoms with Crippen molar-refractivity contribution in [2.75, 3.05) is 32.8 Å². The van der Waals surface area contributed by atoms with Gasteiger partial charge >= 0.3 is 0 Å². The van der Waals surface area contributed by atoms with E-state index in [1.807, 2.05) is 11.7 Å². The molecular formula is C16H24N4O2. The zero-order valence-corrected chi connectivity index (χ0v) is 13.2. The number of benzene rings is 1. The van der Waals surface area contributed by atoms with E-state index in [9.17, 15) is 5.11 Å². The van der Waals surface area contributed by atoms with Gasteiger partial charge in [0, 0.05) is 38.6 Å². The molecule has 3 N–H and O–H groups in total. The lowest BCUT2D eigenvalue weighted by Gasteiger charge is -2.25. The van der Waals surface area contributed by atoms with Crippen LogP contribution >= 0.6 is 0 Å². The van der Waals surface area contributed by atoms with Gasteiger partial charge < -0.3 is 20.5 Å². The summed E-state index contributed by atoms with van der Waals surface area (Å²) in [6.07, 6.45) is 0. The van der Waals surface area contributed by atoms with Crippen LogP contribution in [0.3, 0.4) is 0 Å². The summed E-state index contributed by atoms with van der Waals surface area (Å²) < 4.78 is 7.33. The normalized spacial score (nSPS) is 22.9. The highest BCUT2D eigenvalue weighted by molar-refractivity contribution is 5.82. The summed E-state index contributed by atoms with van der Waals surface area (Å²) in [5.41, 5.74) is 2.49. The molecule has 120 valence electrons. The number of nitrogens with one attached hydrogen (secondary N) is 2. The third kappa shape index (κ3) is 3.30. The number of fused-ring (bicyclic) bond motifs is 1. The van der Waals surface area contributed by atoms with E-state index in [4.69, 9.17) is 4.74 Å². The van der Waals surface area contributed by atoms with Crippen LogP contribution in [-0.4, -0.2) is 53.3 Å². The first-order valence-corrected chi connectivity index (χ1v) is 7.71. The van der Waals surface area contributed by atoms with Crippen LogP contribution in [0.25, 0.3) is 10.9 Å². The van der Waals surface area contributed by atoms with Crippen LogP contribution in [0.4, 0.5) is 0 Å². The molecule has 1 saturated heterocycles. The van der Waals surface area contributed by atoms with Gasteiger partial charge in [0.2, 0.25) is 0 Å². The molecule has 1 aliphatic heterocycles. The molecule has 0 aliphatic carbocycles. The number of aryl methyl sites for hydroxylation is 2. The average molecular weight is 304 g/mol. The van der Waals surface area contributed by atoms with Gasteiger partial charge in [-0.2, -0.15) is 5.10 Å². The summed E-state index contributed by atoms with van der Waals surface area (Å²) in [6, 6.07) is 6.35. The molecular weight excluding hydrogens is 280 g/mol. The second-order valence-corrected chi connectivity index (χ2v) is 6.15. The second kappa shape index (κ2) is 6.34. The number of rotatable bonds is 4. The second-order valence-electron chi connectivity index (χ2n) is 6.15. The molecule has 0 radical (unpaired) electrons. The first-order valence-electron chi connectivity index (χ1n) is 7.71. The van der Waals surface area contributed by atoms with Crippen molar-refractivity contribution in [3.63, 3.8) is 0 Å². The molecule has 22 heavy (non-hydrogen) atoms. The van der Waals surface area contributed by atoms with Gasteiger partial charge in [-0.05, 0) is 19.1 Å². The van der Waals surface area contributed by atoms with Crippen LogP contribution in [0.1, 0.15) is 11.3 Å². The summed E-state index contributed by atoms with van der Waals surface area (Å²) in [5, 5.41) is 22.8. The summed E-state index contributed by atoms with van der Waals surface area (Å²) in [4.78, 5) is 0. The highest BCUT2D eigenvalue weighted by Gasteiger charge is 2.28. The van der Waals surface area contributed by atoms with Gasteiger partial charge in [-0.1, -0.05) is 11.6 Å². The fourth-order valence-corrected chi connectivity index (χ4v) is 2.89. The molecule has 6 heteroatoms. The number of ether oxygens (including phenoxy) is 1. The van der Waals surface area contributed by atoms with Crippen molar-refractivity contribution >= 4 is 10.9 Å². The molecule has 0 bridgehead atoms. The van der Waals surface area contributed by atoms with Crippen LogP contribution in [0, 0.1) is 6.92 Å². The molecule has 1 atom stereocenters. The van der Waals surface area contributed by atoms with E-state index in [0.29, 0.717) is 32.8 Å². The topological polar surface area (TPSA) is 71.3 Å². The van der Waals surface area contributed by atoms with Crippen molar-refractivity contribution in [2.24, 2.45) is 7.05 Å². The van der Waals surface area contributed by atoms with Gasteiger partial charge in [-0.25, -0.2) is 0 Å². The number of hydrogen-bond acceptors (Lipinski definition) is 5. The molecule has 0 amide bonds. The molecule has 1 aromatic heterocycles. The highest BCUT2D eigenvalue weighted by atomic mass is 16.5. The lowest BCUT2D eigenvalue weighted by molar-refractivity contribution is -0.0264. The van der Waals surface area contributed by atoms with Crippen molar-refractivity contribution < 1.29 is 9.84 Å². The number of hydrogen-bond donors (Lipinski definition) is 3. The summed E-state index contributed by atoms with van der Waals surface area (Å²) in [7, 11) is 1.96. The fraction of sp³-hybridized carbons (Fsp3) is 0.562. The maximum Gasteiger partial charge on any atom is 0.113 e. The minimum atomic E-state index is -0.864. The zero-order chi connectivity index (χ0) is 15.6.